The largest absolute Gasteiger partial charge is 0.393 e. The Morgan fingerprint density at radius 1 is 1.42 bits per heavy atom. The molecule has 24 heavy (non-hydrogen) atoms. The summed E-state index contributed by atoms with van der Waals surface area (Å²) in [6, 6.07) is 1.62. The summed E-state index contributed by atoms with van der Waals surface area (Å²) in [5.41, 5.74) is 4.46. The van der Waals surface area contributed by atoms with E-state index >= 15 is 0 Å². The normalized spacial score (nSPS) is 14.7. The zero-order chi connectivity index (χ0) is 16.8. The summed E-state index contributed by atoms with van der Waals surface area (Å²) < 4.78 is 13.4. The molecule has 1 aliphatic heterocycles. The summed E-state index contributed by atoms with van der Waals surface area (Å²) in [7, 11) is 0. The number of nitrogens with one attached hydrogen (secondary N) is 2. The van der Waals surface area contributed by atoms with Crippen LogP contribution in [0.4, 0.5) is 15.8 Å². The number of nitro benzene ring substituents is 1. The molecule has 0 bridgehead atoms. The van der Waals surface area contributed by atoms with Crippen molar-refractivity contribution in [2.45, 2.75) is 6.42 Å². The molecule has 1 aromatic carbocycles. The van der Waals surface area contributed by atoms with Crippen molar-refractivity contribution in [3.05, 3.63) is 33.6 Å². The van der Waals surface area contributed by atoms with Crippen molar-refractivity contribution in [3.63, 3.8) is 0 Å². The Labute approximate surface area is 145 Å². The zero-order valence-electron chi connectivity index (χ0n) is 13.1. The van der Waals surface area contributed by atoms with Gasteiger partial charge in [-0.25, -0.2) is 4.39 Å². The number of piperazine rings is 1. The maximum absolute atomic E-state index is 13.4. The average molecular weight is 362 g/mol. The molecule has 10 heteroatoms. The van der Waals surface area contributed by atoms with E-state index in [4.69, 9.17) is 5.73 Å². The van der Waals surface area contributed by atoms with E-state index < -0.39 is 22.3 Å². The lowest BCUT2D eigenvalue weighted by molar-refractivity contribution is -0.384. The van der Waals surface area contributed by atoms with Gasteiger partial charge in [0.1, 0.15) is 11.5 Å². The van der Waals surface area contributed by atoms with E-state index in [0.29, 0.717) is 12.6 Å². The van der Waals surface area contributed by atoms with Crippen LogP contribution in [-0.2, 0) is 0 Å². The molecule has 0 radical (unpaired) electrons. The van der Waals surface area contributed by atoms with Crippen LogP contribution in [0.3, 0.4) is 0 Å². The molecule has 1 saturated heterocycles. The summed E-state index contributed by atoms with van der Waals surface area (Å²) in [6.07, 6.45) is 0.739. The molecule has 0 aliphatic carbocycles. The van der Waals surface area contributed by atoms with E-state index in [0.717, 1.165) is 45.2 Å². The lowest BCUT2D eigenvalue weighted by Gasteiger charge is -2.27. The van der Waals surface area contributed by atoms with Crippen LogP contribution in [0.5, 0.6) is 0 Å². The maximum Gasteiger partial charge on any atom is 0.295 e. The number of halogens is 2. The van der Waals surface area contributed by atoms with Gasteiger partial charge in [0, 0.05) is 32.7 Å². The first-order valence-electron chi connectivity index (χ1n) is 7.43. The quantitative estimate of drug-likeness (QED) is 0.298. The molecule has 1 heterocycles. The molecule has 0 saturated carbocycles. The molecular formula is C14H21ClFN5O3. The van der Waals surface area contributed by atoms with Gasteiger partial charge in [-0.15, -0.1) is 12.4 Å². The van der Waals surface area contributed by atoms with Crippen LogP contribution in [0, 0.1) is 15.9 Å². The van der Waals surface area contributed by atoms with Crippen molar-refractivity contribution in [2.24, 2.45) is 0 Å². The first-order chi connectivity index (χ1) is 11.0. The third kappa shape index (κ3) is 5.29. The molecule has 1 aliphatic rings. The predicted molar refractivity (Wildman–Crippen MR) is 91.0 cm³/mol. The molecule has 1 amide bonds. The standard InChI is InChI=1S/C14H20FN5O3.ClH/c15-10-8-11(13(16)12(9-10)20(22)23)14(21)18-2-1-5-19-6-3-17-4-7-19;/h8-9,17H,1-7,16H2,(H,18,21);1H. The van der Waals surface area contributed by atoms with Crippen molar-refractivity contribution >= 4 is 29.7 Å². The van der Waals surface area contributed by atoms with E-state index in [2.05, 4.69) is 15.5 Å². The van der Waals surface area contributed by atoms with Crippen LogP contribution in [0.1, 0.15) is 16.8 Å². The fourth-order valence-electron chi connectivity index (χ4n) is 2.48. The van der Waals surface area contributed by atoms with Crippen molar-refractivity contribution in [3.8, 4) is 0 Å². The highest BCUT2D eigenvalue weighted by molar-refractivity contribution is 6.01. The van der Waals surface area contributed by atoms with Gasteiger partial charge < -0.3 is 21.3 Å². The first-order valence-corrected chi connectivity index (χ1v) is 7.43. The number of nitrogens with two attached hydrogens (primary N) is 1. The maximum atomic E-state index is 13.4. The van der Waals surface area contributed by atoms with Gasteiger partial charge >= 0.3 is 0 Å². The van der Waals surface area contributed by atoms with E-state index in [1.807, 2.05) is 0 Å². The summed E-state index contributed by atoms with van der Waals surface area (Å²) >= 11 is 0. The Morgan fingerprint density at radius 2 is 2.08 bits per heavy atom. The molecule has 1 fully saturated rings. The Hall–Kier alpha value is -1.97. The van der Waals surface area contributed by atoms with Gasteiger partial charge in [-0.05, 0) is 19.0 Å². The third-order valence-corrected chi connectivity index (χ3v) is 3.71. The fraction of sp³-hybridized carbons (Fsp3) is 0.500. The van der Waals surface area contributed by atoms with Gasteiger partial charge in [-0.2, -0.15) is 0 Å². The highest BCUT2D eigenvalue weighted by Crippen LogP contribution is 2.26. The van der Waals surface area contributed by atoms with E-state index in [1.165, 1.54) is 0 Å². The second kappa shape index (κ2) is 9.36. The monoisotopic (exact) mass is 361 g/mol. The number of nitrogens with zero attached hydrogens (tertiary/aromatic N) is 2. The number of anilines is 1. The lowest BCUT2D eigenvalue weighted by atomic mass is 10.1. The van der Waals surface area contributed by atoms with Crippen LogP contribution in [0.15, 0.2) is 12.1 Å². The number of carbonyl (C=O) groups is 1. The second-order valence-corrected chi connectivity index (χ2v) is 5.34. The summed E-state index contributed by atoms with van der Waals surface area (Å²) in [5.74, 6) is -1.47. The van der Waals surface area contributed by atoms with Crippen LogP contribution in [0.2, 0.25) is 0 Å². The minimum Gasteiger partial charge on any atom is -0.393 e. The fourth-order valence-corrected chi connectivity index (χ4v) is 2.48. The Kier molecular flexibility index (Phi) is 7.83. The van der Waals surface area contributed by atoms with E-state index in [9.17, 15) is 19.3 Å². The smallest absolute Gasteiger partial charge is 0.295 e. The number of carbonyl (C=O) groups excluding carboxylic acids is 1. The van der Waals surface area contributed by atoms with E-state index in [-0.39, 0.29) is 23.7 Å². The van der Waals surface area contributed by atoms with Crippen LogP contribution < -0.4 is 16.4 Å². The number of hydrogen-bond acceptors (Lipinski definition) is 6. The van der Waals surface area contributed by atoms with Gasteiger partial charge in [-0.3, -0.25) is 14.9 Å². The van der Waals surface area contributed by atoms with Gasteiger partial charge in [0.25, 0.3) is 11.6 Å². The molecule has 4 N–H and O–H groups in total. The van der Waals surface area contributed by atoms with Gasteiger partial charge in [-0.1, -0.05) is 0 Å². The topological polar surface area (TPSA) is 114 Å². The minimum absolute atomic E-state index is 0. The summed E-state index contributed by atoms with van der Waals surface area (Å²) in [6.45, 7) is 5.09. The lowest BCUT2D eigenvalue weighted by Crippen LogP contribution is -2.44. The average Bonchev–Trinajstić information content (AvgIpc) is 2.54. The minimum atomic E-state index is -0.864. The van der Waals surface area contributed by atoms with Crippen molar-refractivity contribution in [1.29, 1.82) is 0 Å². The summed E-state index contributed by atoms with van der Waals surface area (Å²) in [5, 5.41) is 16.7. The Balaban J connectivity index is 0.00000288. The van der Waals surface area contributed by atoms with Gasteiger partial charge in [0.15, 0.2) is 0 Å². The molecule has 8 nitrogen and oxygen atoms in total. The SMILES string of the molecule is Cl.Nc1c(C(=O)NCCCN2CCNCC2)cc(F)cc1[N+](=O)[O-]. The van der Waals surface area contributed by atoms with Gasteiger partial charge in [0.2, 0.25) is 0 Å². The molecular weight excluding hydrogens is 341 g/mol. The number of amides is 1. The predicted octanol–water partition coefficient (Wildman–Crippen LogP) is 0.763. The summed E-state index contributed by atoms with van der Waals surface area (Å²) in [4.78, 5) is 24.3. The van der Waals surface area contributed by atoms with Gasteiger partial charge in [0.05, 0.1) is 16.6 Å². The van der Waals surface area contributed by atoms with Crippen LogP contribution in [-0.4, -0.2) is 55.0 Å². The van der Waals surface area contributed by atoms with Crippen molar-refractivity contribution in [1.82, 2.24) is 15.5 Å². The number of nitro groups is 1. The third-order valence-electron chi connectivity index (χ3n) is 3.71. The molecule has 0 atom stereocenters. The highest BCUT2D eigenvalue weighted by Gasteiger charge is 2.21. The molecule has 0 unspecified atom stereocenters. The Bertz CT molecular complexity index is 596. The van der Waals surface area contributed by atoms with E-state index in [1.54, 1.807) is 0 Å². The zero-order valence-corrected chi connectivity index (χ0v) is 13.9. The molecule has 2 rings (SSSR count). The van der Waals surface area contributed by atoms with Crippen molar-refractivity contribution in [2.75, 3.05) is 45.0 Å². The molecule has 134 valence electrons. The van der Waals surface area contributed by atoms with Crippen molar-refractivity contribution < 1.29 is 14.1 Å². The van der Waals surface area contributed by atoms with Crippen LogP contribution >= 0.6 is 12.4 Å². The Morgan fingerprint density at radius 3 is 2.71 bits per heavy atom. The molecule has 0 aromatic heterocycles. The second-order valence-electron chi connectivity index (χ2n) is 5.34. The number of hydrogen-bond donors (Lipinski definition) is 3. The highest BCUT2D eigenvalue weighted by atomic mass is 35.5. The number of benzene rings is 1. The number of nitrogen functional groups attached to an aromatic ring is 1. The molecule has 1 aromatic rings. The first kappa shape index (κ1) is 20.1. The van der Waals surface area contributed by atoms with Crippen LogP contribution in [0.25, 0.3) is 0 Å². The number of rotatable bonds is 6. The molecule has 0 spiro atoms.